The van der Waals surface area contributed by atoms with Gasteiger partial charge in [0.1, 0.15) is 5.75 Å². The van der Waals surface area contributed by atoms with Crippen LogP contribution in [-0.4, -0.2) is 19.2 Å². The van der Waals surface area contributed by atoms with Gasteiger partial charge in [0.05, 0.1) is 13.3 Å². The average Bonchev–Trinajstić information content (AvgIpc) is 2.44. The maximum Gasteiger partial charge on any atom is 0.241 e. The largest absolute Gasteiger partial charge is 0.496 e. The summed E-state index contributed by atoms with van der Waals surface area (Å²) < 4.78 is 5.32. The molecule has 0 atom stereocenters. The summed E-state index contributed by atoms with van der Waals surface area (Å²) in [5, 5.41) is 5.46. The summed E-state index contributed by atoms with van der Waals surface area (Å²) in [5.74, 6) is 5.32. The Morgan fingerprint density at radius 1 is 1.30 bits per heavy atom. The van der Waals surface area contributed by atoms with Crippen LogP contribution in [0.3, 0.4) is 0 Å². The molecule has 4 N–H and O–H groups in total. The smallest absolute Gasteiger partial charge is 0.241 e. The maximum absolute atomic E-state index is 10.9. The van der Waals surface area contributed by atoms with Crippen molar-refractivity contribution in [2.24, 2.45) is 16.7 Å². The van der Waals surface area contributed by atoms with Crippen LogP contribution in [0.15, 0.2) is 41.5 Å². The molecule has 5 heteroatoms. The van der Waals surface area contributed by atoms with Crippen molar-refractivity contribution in [1.29, 1.82) is 0 Å². The van der Waals surface area contributed by atoms with Crippen LogP contribution in [0.4, 0.5) is 0 Å². The molecule has 0 unspecified atom stereocenters. The first-order chi connectivity index (χ1) is 9.65. The van der Waals surface area contributed by atoms with Gasteiger partial charge in [0.25, 0.3) is 0 Å². The second kappa shape index (κ2) is 5.88. The summed E-state index contributed by atoms with van der Waals surface area (Å²) in [5.41, 5.74) is 6.80. The van der Waals surface area contributed by atoms with Crippen molar-refractivity contribution in [2.75, 3.05) is 7.11 Å². The molecule has 2 aromatic rings. The van der Waals surface area contributed by atoms with Crippen LogP contribution in [-0.2, 0) is 4.79 Å². The molecule has 0 aromatic heterocycles. The normalized spacial score (nSPS) is 11.4. The van der Waals surface area contributed by atoms with Gasteiger partial charge in [0, 0.05) is 11.6 Å². The number of hydrogen-bond acceptors (Lipinski definition) is 4. The Labute approximate surface area is 116 Å². The molecule has 0 aliphatic carbocycles. The van der Waals surface area contributed by atoms with Crippen molar-refractivity contribution in [3.05, 3.63) is 47.5 Å². The number of fused-ring (bicyclic) bond motifs is 1. The minimum Gasteiger partial charge on any atom is -0.496 e. The lowest BCUT2D eigenvalue weighted by Crippen LogP contribution is -2.05. The summed E-state index contributed by atoms with van der Waals surface area (Å²) in [4.78, 5) is 10.9. The topological polar surface area (TPSA) is 90.7 Å². The second-order valence-corrected chi connectivity index (χ2v) is 4.18. The van der Waals surface area contributed by atoms with Crippen LogP contribution < -0.4 is 16.3 Å². The van der Waals surface area contributed by atoms with Gasteiger partial charge in [-0.2, -0.15) is 5.10 Å². The molecule has 0 aliphatic heterocycles. The molecule has 1 amide bonds. The van der Waals surface area contributed by atoms with Crippen LogP contribution in [0.25, 0.3) is 16.8 Å². The van der Waals surface area contributed by atoms with Crippen LogP contribution in [0, 0.1) is 0 Å². The van der Waals surface area contributed by atoms with E-state index in [1.165, 1.54) is 6.08 Å². The molecule has 0 saturated heterocycles. The van der Waals surface area contributed by atoms with E-state index in [-0.39, 0.29) is 0 Å². The van der Waals surface area contributed by atoms with Crippen molar-refractivity contribution in [3.63, 3.8) is 0 Å². The van der Waals surface area contributed by atoms with Gasteiger partial charge in [0.15, 0.2) is 0 Å². The number of hydrazone groups is 1. The highest BCUT2D eigenvalue weighted by molar-refractivity contribution is 5.99. The number of methoxy groups -OCH3 is 1. The van der Waals surface area contributed by atoms with E-state index in [0.717, 1.165) is 21.9 Å². The Morgan fingerprint density at radius 2 is 2.05 bits per heavy atom. The summed E-state index contributed by atoms with van der Waals surface area (Å²) in [6.45, 7) is 0. The third kappa shape index (κ3) is 2.77. The zero-order chi connectivity index (χ0) is 14.5. The van der Waals surface area contributed by atoms with Crippen LogP contribution in [0.5, 0.6) is 5.75 Å². The molecule has 0 heterocycles. The van der Waals surface area contributed by atoms with Crippen molar-refractivity contribution in [2.45, 2.75) is 0 Å². The van der Waals surface area contributed by atoms with E-state index in [2.05, 4.69) is 5.10 Å². The molecule has 5 nitrogen and oxygen atoms in total. The number of primary amides is 1. The molecule has 2 aromatic carbocycles. The third-order valence-corrected chi connectivity index (χ3v) is 2.91. The first-order valence-corrected chi connectivity index (χ1v) is 5.97. The Kier molecular flexibility index (Phi) is 4.00. The van der Waals surface area contributed by atoms with E-state index in [1.807, 2.05) is 30.3 Å². The number of ether oxygens (including phenoxy) is 1. The first kappa shape index (κ1) is 13.6. The molecule has 0 saturated carbocycles. The van der Waals surface area contributed by atoms with Gasteiger partial charge in [0.2, 0.25) is 5.91 Å². The highest BCUT2D eigenvalue weighted by atomic mass is 16.5. The lowest BCUT2D eigenvalue weighted by atomic mass is 10.0. The molecule has 0 fully saturated rings. The summed E-state index contributed by atoms with van der Waals surface area (Å²) in [6.07, 6.45) is 4.51. The van der Waals surface area contributed by atoms with Gasteiger partial charge in [-0.05, 0) is 34.5 Å². The van der Waals surface area contributed by atoms with Gasteiger partial charge in [-0.1, -0.05) is 18.2 Å². The Hall–Kier alpha value is -2.82. The number of amides is 1. The molecule has 0 radical (unpaired) electrons. The van der Waals surface area contributed by atoms with Gasteiger partial charge in [-0.25, -0.2) is 0 Å². The van der Waals surface area contributed by atoms with E-state index < -0.39 is 5.91 Å². The number of rotatable bonds is 4. The molecule has 20 heavy (non-hydrogen) atoms. The molecule has 102 valence electrons. The van der Waals surface area contributed by atoms with Crippen molar-refractivity contribution in [1.82, 2.24) is 0 Å². The van der Waals surface area contributed by atoms with Crippen LogP contribution >= 0.6 is 0 Å². The third-order valence-electron chi connectivity index (χ3n) is 2.91. The number of carbonyl (C=O) groups excluding carboxylic acids is 1. The highest BCUT2D eigenvalue weighted by Gasteiger charge is 2.06. The fourth-order valence-corrected chi connectivity index (χ4v) is 2.02. The minimum atomic E-state index is -0.510. The SMILES string of the molecule is COc1ccc2ccc(C=NN)cc2c1/C=C/C(N)=O. The maximum atomic E-state index is 10.9. The number of hydrogen-bond donors (Lipinski definition) is 2. The zero-order valence-electron chi connectivity index (χ0n) is 11.0. The van der Waals surface area contributed by atoms with Gasteiger partial charge >= 0.3 is 0 Å². The van der Waals surface area contributed by atoms with Crippen molar-refractivity contribution < 1.29 is 9.53 Å². The number of nitrogens with zero attached hydrogens (tertiary/aromatic N) is 1. The van der Waals surface area contributed by atoms with Crippen LogP contribution in [0.1, 0.15) is 11.1 Å². The molecule has 0 bridgehead atoms. The first-order valence-electron chi connectivity index (χ1n) is 5.97. The Bertz CT molecular complexity index is 706. The predicted octanol–water partition coefficient (Wildman–Crippen LogP) is 1.64. The Balaban J connectivity index is 2.70. The van der Waals surface area contributed by atoms with E-state index in [1.54, 1.807) is 19.4 Å². The monoisotopic (exact) mass is 269 g/mol. The quantitative estimate of drug-likeness (QED) is 0.382. The van der Waals surface area contributed by atoms with E-state index in [4.69, 9.17) is 16.3 Å². The van der Waals surface area contributed by atoms with E-state index >= 15 is 0 Å². The fraction of sp³-hybridized carbons (Fsp3) is 0.0667. The number of nitrogens with two attached hydrogens (primary N) is 2. The van der Waals surface area contributed by atoms with Gasteiger partial charge in [-0.3, -0.25) is 4.79 Å². The standard InChI is InChI=1S/C15H15N3O2/c1-20-14-6-4-11-3-2-10(9-18-17)8-13(11)12(14)5-7-15(16)19/h2-9H,17H2,1H3,(H2,16,19)/b7-5+,18-9?. The van der Waals surface area contributed by atoms with Gasteiger partial charge < -0.3 is 16.3 Å². The van der Waals surface area contributed by atoms with E-state index in [0.29, 0.717) is 5.75 Å². The second-order valence-electron chi connectivity index (χ2n) is 4.18. The highest BCUT2D eigenvalue weighted by Crippen LogP contribution is 2.29. The van der Waals surface area contributed by atoms with E-state index in [9.17, 15) is 4.79 Å². The molecule has 0 spiro atoms. The average molecular weight is 269 g/mol. The minimum absolute atomic E-state index is 0.510. The molecule has 0 aliphatic rings. The van der Waals surface area contributed by atoms with Gasteiger partial charge in [-0.15, -0.1) is 0 Å². The van der Waals surface area contributed by atoms with Crippen molar-refractivity contribution >= 4 is 29.0 Å². The Morgan fingerprint density at radius 3 is 2.70 bits per heavy atom. The number of benzene rings is 2. The lowest BCUT2D eigenvalue weighted by Gasteiger charge is -2.09. The molecule has 2 rings (SSSR count). The molecular weight excluding hydrogens is 254 g/mol. The lowest BCUT2D eigenvalue weighted by molar-refractivity contribution is -0.113. The zero-order valence-corrected chi connectivity index (χ0v) is 11.0. The fourth-order valence-electron chi connectivity index (χ4n) is 2.02. The summed E-state index contributed by atoms with van der Waals surface area (Å²) >= 11 is 0. The van der Waals surface area contributed by atoms with Crippen LogP contribution in [0.2, 0.25) is 0 Å². The molecular formula is C15H15N3O2. The summed E-state index contributed by atoms with van der Waals surface area (Å²) in [6, 6.07) is 9.58. The van der Waals surface area contributed by atoms with Crippen molar-refractivity contribution in [3.8, 4) is 5.75 Å². The summed E-state index contributed by atoms with van der Waals surface area (Å²) in [7, 11) is 1.58. The predicted molar refractivity (Wildman–Crippen MR) is 80.5 cm³/mol. The number of carbonyl (C=O) groups is 1.